The van der Waals surface area contributed by atoms with Crippen LogP contribution in [-0.2, 0) is 11.3 Å². The van der Waals surface area contributed by atoms with E-state index in [1.807, 2.05) is 17.1 Å². The molecule has 0 radical (unpaired) electrons. The van der Waals surface area contributed by atoms with Crippen molar-refractivity contribution in [1.82, 2.24) is 9.78 Å². The molecular formula is C11H21N3O. The molecule has 86 valence electrons. The number of nitrogens with one attached hydrogen (secondary N) is 1. The Balaban J connectivity index is 2.57. The Bertz CT molecular complexity index is 283. The molecule has 1 aromatic heterocycles. The minimum Gasteiger partial charge on any atom is -0.383 e. The summed E-state index contributed by atoms with van der Waals surface area (Å²) in [5.41, 5.74) is 1.06. The van der Waals surface area contributed by atoms with Crippen LogP contribution in [0.3, 0.4) is 0 Å². The monoisotopic (exact) mass is 211 g/mol. The topological polar surface area (TPSA) is 39.1 Å². The van der Waals surface area contributed by atoms with E-state index in [2.05, 4.69) is 31.2 Å². The fourth-order valence-electron chi connectivity index (χ4n) is 1.41. The second kappa shape index (κ2) is 5.75. The third kappa shape index (κ3) is 3.55. The van der Waals surface area contributed by atoms with Crippen LogP contribution in [0.1, 0.15) is 20.8 Å². The third-order valence-electron chi connectivity index (χ3n) is 2.46. The zero-order chi connectivity index (χ0) is 11.3. The van der Waals surface area contributed by atoms with Gasteiger partial charge in [0.1, 0.15) is 0 Å². The number of aryl methyl sites for hydroxylation is 1. The van der Waals surface area contributed by atoms with Crippen molar-refractivity contribution in [3.8, 4) is 0 Å². The zero-order valence-electron chi connectivity index (χ0n) is 10.0. The number of nitrogens with zero attached hydrogens (tertiary/aromatic N) is 2. The van der Waals surface area contributed by atoms with Gasteiger partial charge >= 0.3 is 0 Å². The average molecular weight is 211 g/mol. The molecule has 1 aromatic rings. The predicted octanol–water partition coefficient (Wildman–Crippen LogP) is 1.99. The summed E-state index contributed by atoms with van der Waals surface area (Å²) in [7, 11) is 1.73. The lowest BCUT2D eigenvalue weighted by Gasteiger charge is -2.21. The lowest BCUT2D eigenvalue weighted by atomic mass is 10.1. The summed E-state index contributed by atoms with van der Waals surface area (Å²) in [6, 6.07) is 0.338. The molecule has 4 heteroatoms. The van der Waals surface area contributed by atoms with E-state index in [1.54, 1.807) is 7.11 Å². The lowest BCUT2D eigenvalue weighted by Crippen LogP contribution is -2.30. The molecule has 0 aromatic carbocycles. The number of methoxy groups -OCH3 is 1. The molecule has 0 saturated carbocycles. The number of aromatic nitrogens is 2. The first-order valence-electron chi connectivity index (χ1n) is 5.45. The van der Waals surface area contributed by atoms with Gasteiger partial charge in [0.25, 0.3) is 0 Å². The van der Waals surface area contributed by atoms with Crippen LogP contribution in [-0.4, -0.2) is 29.5 Å². The second-order valence-electron chi connectivity index (χ2n) is 4.03. The van der Waals surface area contributed by atoms with Gasteiger partial charge in [-0.2, -0.15) is 5.10 Å². The SMILES string of the molecule is CCn1cc(NC(COC)C(C)C)cn1. The first-order valence-corrected chi connectivity index (χ1v) is 5.45. The summed E-state index contributed by atoms with van der Waals surface area (Å²) >= 11 is 0. The molecule has 0 spiro atoms. The quantitative estimate of drug-likeness (QED) is 0.782. The Kier molecular flexibility index (Phi) is 4.62. The highest BCUT2D eigenvalue weighted by atomic mass is 16.5. The Morgan fingerprint density at radius 3 is 2.73 bits per heavy atom. The van der Waals surface area contributed by atoms with Crippen molar-refractivity contribution >= 4 is 5.69 Å². The number of hydrogen-bond acceptors (Lipinski definition) is 3. The van der Waals surface area contributed by atoms with Crippen LogP contribution in [0.15, 0.2) is 12.4 Å². The molecule has 1 N–H and O–H groups in total. The number of rotatable bonds is 6. The molecule has 1 unspecified atom stereocenters. The highest BCUT2D eigenvalue weighted by molar-refractivity contribution is 5.39. The molecule has 1 heterocycles. The van der Waals surface area contributed by atoms with E-state index in [4.69, 9.17) is 4.74 Å². The maximum Gasteiger partial charge on any atom is 0.0729 e. The molecule has 0 bridgehead atoms. The zero-order valence-corrected chi connectivity index (χ0v) is 10.0. The van der Waals surface area contributed by atoms with Crippen molar-refractivity contribution in [2.45, 2.75) is 33.4 Å². The number of hydrogen-bond donors (Lipinski definition) is 1. The summed E-state index contributed by atoms with van der Waals surface area (Å²) in [6.45, 7) is 8.06. The highest BCUT2D eigenvalue weighted by Gasteiger charge is 2.13. The Morgan fingerprint density at radius 1 is 1.53 bits per heavy atom. The first-order chi connectivity index (χ1) is 7.17. The van der Waals surface area contributed by atoms with Gasteiger partial charge in [-0.3, -0.25) is 4.68 Å². The van der Waals surface area contributed by atoms with E-state index in [0.29, 0.717) is 12.0 Å². The summed E-state index contributed by atoms with van der Waals surface area (Å²) < 4.78 is 7.09. The fraction of sp³-hybridized carbons (Fsp3) is 0.727. The highest BCUT2D eigenvalue weighted by Crippen LogP contribution is 2.12. The van der Waals surface area contributed by atoms with Crippen LogP contribution >= 0.6 is 0 Å². The summed E-state index contributed by atoms with van der Waals surface area (Å²) in [4.78, 5) is 0. The minimum absolute atomic E-state index is 0.338. The van der Waals surface area contributed by atoms with E-state index < -0.39 is 0 Å². The van der Waals surface area contributed by atoms with Gasteiger partial charge in [0.05, 0.1) is 24.5 Å². The van der Waals surface area contributed by atoms with E-state index in [9.17, 15) is 0 Å². The molecule has 15 heavy (non-hydrogen) atoms. The molecule has 1 rings (SSSR count). The summed E-state index contributed by atoms with van der Waals surface area (Å²) in [5.74, 6) is 0.537. The molecule has 0 saturated heterocycles. The van der Waals surface area contributed by atoms with Crippen molar-refractivity contribution in [1.29, 1.82) is 0 Å². The normalized spacial score (nSPS) is 13.1. The molecule has 0 amide bonds. The van der Waals surface area contributed by atoms with Crippen LogP contribution in [0, 0.1) is 5.92 Å². The molecule has 0 aliphatic rings. The fourth-order valence-corrected chi connectivity index (χ4v) is 1.41. The molecule has 0 fully saturated rings. The van der Waals surface area contributed by atoms with Gasteiger partial charge in [-0.25, -0.2) is 0 Å². The first kappa shape index (κ1) is 12.0. The Hall–Kier alpha value is -1.03. The molecule has 4 nitrogen and oxygen atoms in total. The Labute approximate surface area is 91.6 Å². The van der Waals surface area contributed by atoms with Crippen LogP contribution in [0.2, 0.25) is 0 Å². The molecule has 0 aliphatic carbocycles. The van der Waals surface area contributed by atoms with E-state index >= 15 is 0 Å². The molecule has 0 aliphatic heterocycles. The maximum absolute atomic E-state index is 5.18. The van der Waals surface area contributed by atoms with Crippen LogP contribution in [0.4, 0.5) is 5.69 Å². The lowest BCUT2D eigenvalue weighted by molar-refractivity contribution is 0.171. The standard InChI is InChI=1S/C11H21N3O/c1-5-14-7-10(6-12-14)13-11(8-15-4)9(2)3/h6-7,9,11,13H,5,8H2,1-4H3. The van der Waals surface area contributed by atoms with Gasteiger partial charge in [0.15, 0.2) is 0 Å². The largest absolute Gasteiger partial charge is 0.383 e. The Morgan fingerprint density at radius 2 is 2.27 bits per heavy atom. The minimum atomic E-state index is 0.338. The van der Waals surface area contributed by atoms with Crippen molar-refractivity contribution in [3.63, 3.8) is 0 Å². The van der Waals surface area contributed by atoms with E-state index in [-0.39, 0.29) is 0 Å². The van der Waals surface area contributed by atoms with Gasteiger partial charge in [-0.15, -0.1) is 0 Å². The van der Waals surface area contributed by atoms with Gasteiger partial charge in [-0.05, 0) is 12.8 Å². The van der Waals surface area contributed by atoms with Gasteiger partial charge in [-0.1, -0.05) is 13.8 Å². The van der Waals surface area contributed by atoms with Crippen LogP contribution in [0.5, 0.6) is 0 Å². The number of ether oxygens (including phenoxy) is 1. The molecule has 1 atom stereocenters. The van der Waals surface area contributed by atoms with Crippen molar-refractivity contribution in [3.05, 3.63) is 12.4 Å². The smallest absolute Gasteiger partial charge is 0.0729 e. The van der Waals surface area contributed by atoms with E-state index in [0.717, 1.165) is 18.8 Å². The molecular weight excluding hydrogens is 190 g/mol. The van der Waals surface area contributed by atoms with Gasteiger partial charge < -0.3 is 10.1 Å². The average Bonchev–Trinajstić information content (AvgIpc) is 2.65. The predicted molar refractivity (Wildman–Crippen MR) is 62.0 cm³/mol. The van der Waals surface area contributed by atoms with E-state index in [1.165, 1.54) is 0 Å². The summed E-state index contributed by atoms with van der Waals surface area (Å²) in [6.07, 6.45) is 3.87. The van der Waals surface area contributed by atoms with Crippen molar-refractivity contribution in [2.24, 2.45) is 5.92 Å². The van der Waals surface area contributed by atoms with Crippen LogP contribution < -0.4 is 5.32 Å². The number of anilines is 1. The maximum atomic E-state index is 5.18. The second-order valence-corrected chi connectivity index (χ2v) is 4.03. The van der Waals surface area contributed by atoms with Gasteiger partial charge in [0, 0.05) is 19.9 Å². The third-order valence-corrected chi connectivity index (χ3v) is 2.46. The van der Waals surface area contributed by atoms with Gasteiger partial charge in [0.2, 0.25) is 0 Å². The van der Waals surface area contributed by atoms with Crippen molar-refractivity contribution < 1.29 is 4.74 Å². The summed E-state index contributed by atoms with van der Waals surface area (Å²) in [5, 5.41) is 7.65. The van der Waals surface area contributed by atoms with Crippen LogP contribution in [0.25, 0.3) is 0 Å². The van der Waals surface area contributed by atoms with Crippen molar-refractivity contribution in [2.75, 3.05) is 19.0 Å².